The summed E-state index contributed by atoms with van der Waals surface area (Å²) in [6, 6.07) is 5.26. The van der Waals surface area contributed by atoms with E-state index in [1.807, 2.05) is 18.3 Å². The number of benzene rings is 1. The van der Waals surface area contributed by atoms with E-state index in [9.17, 15) is 9.59 Å². The van der Waals surface area contributed by atoms with Gasteiger partial charge < -0.3 is 20.1 Å². The number of urea groups is 1. The zero-order valence-electron chi connectivity index (χ0n) is 24.7. The maximum Gasteiger partial charge on any atom is 0.318 e. The number of piperazine rings is 1. The van der Waals surface area contributed by atoms with Gasteiger partial charge in [0.05, 0.1) is 16.4 Å². The van der Waals surface area contributed by atoms with Crippen LogP contribution < -0.4 is 10.6 Å². The Kier molecular flexibility index (Phi) is 11.4. The molecule has 1 unspecified atom stereocenters. The van der Waals surface area contributed by atoms with Gasteiger partial charge in [0, 0.05) is 57.1 Å². The molecule has 0 bridgehead atoms. The molecule has 0 radical (unpaired) electrons. The summed E-state index contributed by atoms with van der Waals surface area (Å²) in [5.41, 5.74) is 2.05. The first kappa shape index (κ1) is 31.1. The molecular formula is C32H46Cl2N6O2. The minimum absolute atomic E-state index is 0.0771. The molecular weight excluding hydrogens is 571 g/mol. The fourth-order valence-electron chi connectivity index (χ4n) is 6.82. The molecule has 3 fully saturated rings. The summed E-state index contributed by atoms with van der Waals surface area (Å²) in [5, 5.41) is 7.45. The van der Waals surface area contributed by atoms with Crippen molar-refractivity contribution >= 4 is 35.1 Å². The van der Waals surface area contributed by atoms with E-state index in [4.69, 9.17) is 23.2 Å². The highest BCUT2D eigenvalue weighted by molar-refractivity contribution is 6.42. The normalized spacial score (nSPS) is 20.9. The summed E-state index contributed by atoms with van der Waals surface area (Å²) in [4.78, 5) is 35.5. The number of halogens is 2. The van der Waals surface area contributed by atoms with Crippen molar-refractivity contribution in [1.82, 2.24) is 30.0 Å². The van der Waals surface area contributed by atoms with Crippen LogP contribution in [0, 0.1) is 5.92 Å². The standard InChI is InChI=1S/C32H46Cl2N6O2/c33-28-12-11-25(19-29(28)34)21-39-23-35-20-27(39)13-15-36-31(41)30-22-38(16-14-24-7-3-1-4-8-24)17-18-40(30)32(42)37-26-9-5-2-6-10-26/h11-12,19-20,23-24,26,30H,1-10,13-18,21-22H2,(H,36,41)(H,37,42). The van der Waals surface area contributed by atoms with Crippen LogP contribution >= 0.6 is 23.2 Å². The molecule has 2 saturated carbocycles. The van der Waals surface area contributed by atoms with Crippen LogP contribution in [0.5, 0.6) is 0 Å². The average Bonchev–Trinajstić information content (AvgIpc) is 3.45. The average molecular weight is 618 g/mol. The second-order valence-electron chi connectivity index (χ2n) is 12.4. The van der Waals surface area contributed by atoms with Crippen molar-refractivity contribution in [2.45, 2.75) is 95.7 Å². The third-order valence-corrected chi connectivity index (χ3v) is 10.1. The minimum atomic E-state index is -0.491. The van der Waals surface area contributed by atoms with Crippen LogP contribution in [0.1, 0.15) is 81.9 Å². The molecule has 1 aliphatic heterocycles. The van der Waals surface area contributed by atoms with Gasteiger partial charge in [0.15, 0.2) is 0 Å². The van der Waals surface area contributed by atoms with E-state index in [2.05, 4.69) is 25.1 Å². The molecule has 0 spiro atoms. The number of imidazole rings is 1. The van der Waals surface area contributed by atoms with E-state index >= 15 is 0 Å². The van der Waals surface area contributed by atoms with Crippen LogP contribution in [0.4, 0.5) is 4.79 Å². The van der Waals surface area contributed by atoms with Crippen molar-refractivity contribution in [3.63, 3.8) is 0 Å². The number of amides is 3. The van der Waals surface area contributed by atoms with E-state index in [0.29, 0.717) is 42.6 Å². The fraction of sp³-hybridized carbons (Fsp3) is 0.656. The van der Waals surface area contributed by atoms with Gasteiger partial charge in [-0.15, -0.1) is 0 Å². The molecule has 2 N–H and O–H groups in total. The predicted molar refractivity (Wildman–Crippen MR) is 168 cm³/mol. The Morgan fingerprint density at radius 3 is 2.48 bits per heavy atom. The highest BCUT2D eigenvalue weighted by Gasteiger charge is 2.36. The molecule has 5 rings (SSSR count). The summed E-state index contributed by atoms with van der Waals surface area (Å²) < 4.78 is 2.06. The third kappa shape index (κ3) is 8.64. The number of nitrogens with zero attached hydrogens (tertiary/aromatic N) is 4. The Balaban J connectivity index is 1.17. The van der Waals surface area contributed by atoms with Gasteiger partial charge in [-0.3, -0.25) is 9.69 Å². The Bertz CT molecular complexity index is 1180. The second-order valence-corrected chi connectivity index (χ2v) is 13.2. The highest BCUT2D eigenvalue weighted by Crippen LogP contribution is 2.27. The van der Waals surface area contributed by atoms with Gasteiger partial charge in [0.1, 0.15) is 6.04 Å². The Morgan fingerprint density at radius 1 is 0.952 bits per heavy atom. The van der Waals surface area contributed by atoms with E-state index in [1.165, 1.54) is 44.9 Å². The molecule has 3 amide bonds. The van der Waals surface area contributed by atoms with Crippen molar-refractivity contribution < 1.29 is 9.59 Å². The van der Waals surface area contributed by atoms with E-state index in [0.717, 1.165) is 55.9 Å². The topological polar surface area (TPSA) is 82.5 Å². The van der Waals surface area contributed by atoms with Crippen molar-refractivity contribution in [2.24, 2.45) is 5.92 Å². The summed E-state index contributed by atoms with van der Waals surface area (Å²) in [5.74, 6) is 0.721. The van der Waals surface area contributed by atoms with Crippen LogP contribution in [0.3, 0.4) is 0 Å². The number of aromatic nitrogens is 2. The van der Waals surface area contributed by atoms with Crippen LogP contribution in [0.15, 0.2) is 30.7 Å². The van der Waals surface area contributed by atoms with Gasteiger partial charge in [-0.2, -0.15) is 0 Å². The zero-order chi connectivity index (χ0) is 29.3. The number of hydrogen-bond acceptors (Lipinski definition) is 4. The lowest BCUT2D eigenvalue weighted by atomic mass is 9.87. The summed E-state index contributed by atoms with van der Waals surface area (Å²) in [6.45, 7) is 4.09. The van der Waals surface area contributed by atoms with Crippen LogP contribution in [0.25, 0.3) is 0 Å². The maximum atomic E-state index is 13.6. The molecule has 1 aromatic carbocycles. The first-order valence-electron chi connectivity index (χ1n) is 16.0. The quantitative estimate of drug-likeness (QED) is 0.348. The molecule has 1 aromatic heterocycles. The van der Waals surface area contributed by atoms with Crippen molar-refractivity contribution in [3.05, 3.63) is 52.0 Å². The molecule has 10 heteroatoms. The lowest BCUT2D eigenvalue weighted by Gasteiger charge is -2.41. The molecule has 8 nitrogen and oxygen atoms in total. The molecule has 3 aliphatic rings. The molecule has 2 aromatic rings. The van der Waals surface area contributed by atoms with Gasteiger partial charge in [-0.25, -0.2) is 9.78 Å². The lowest BCUT2D eigenvalue weighted by Crippen LogP contribution is -2.63. The molecule has 42 heavy (non-hydrogen) atoms. The first-order valence-corrected chi connectivity index (χ1v) is 16.7. The molecule has 1 atom stereocenters. The fourth-order valence-corrected chi connectivity index (χ4v) is 7.14. The lowest BCUT2D eigenvalue weighted by molar-refractivity contribution is -0.127. The van der Waals surface area contributed by atoms with Crippen LogP contribution in [-0.2, 0) is 17.8 Å². The zero-order valence-corrected chi connectivity index (χ0v) is 26.2. The van der Waals surface area contributed by atoms with Crippen molar-refractivity contribution in [3.8, 4) is 0 Å². The molecule has 2 heterocycles. The van der Waals surface area contributed by atoms with Crippen LogP contribution in [-0.4, -0.2) is 76.1 Å². The molecule has 1 saturated heterocycles. The number of carbonyl (C=O) groups is 2. The van der Waals surface area contributed by atoms with Gasteiger partial charge in [-0.1, -0.05) is 80.6 Å². The van der Waals surface area contributed by atoms with Gasteiger partial charge in [-0.05, 0) is 49.4 Å². The minimum Gasteiger partial charge on any atom is -0.354 e. The number of rotatable bonds is 10. The van der Waals surface area contributed by atoms with Crippen molar-refractivity contribution in [1.29, 1.82) is 0 Å². The van der Waals surface area contributed by atoms with E-state index < -0.39 is 6.04 Å². The van der Waals surface area contributed by atoms with Gasteiger partial charge in [0.2, 0.25) is 5.91 Å². The predicted octanol–water partition coefficient (Wildman–Crippen LogP) is 5.90. The Hall–Kier alpha value is -2.29. The summed E-state index contributed by atoms with van der Waals surface area (Å²) in [6.07, 6.45) is 17.8. The Labute approximate surface area is 260 Å². The maximum absolute atomic E-state index is 13.6. The first-order chi connectivity index (χ1) is 20.5. The number of carbonyl (C=O) groups excluding carboxylic acids is 2. The molecule has 230 valence electrons. The van der Waals surface area contributed by atoms with Crippen LogP contribution in [0.2, 0.25) is 10.0 Å². The Morgan fingerprint density at radius 2 is 1.71 bits per heavy atom. The van der Waals surface area contributed by atoms with E-state index in [1.54, 1.807) is 17.3 Å². The van der Waals surface area contributed by atoms with Gasteiger partial charge in [0.25, 0.3) is 0 Å². The highest BCUT2D eigenvalue weighted by atomic mass is 35.5. The second kappa shape index (κ2) is 15.4. The van der Waals surface area contributed by atoms with Crippen molar-refractivity contribution in [2.75, 3.05) is 32.7 Å². The number of hydrogen-bond donors (Lipinski definition) is 2. The summed E-state index contributed by atoms with van der Waals surface area (Å²) in [7, 11) is 0. The molecule has 2 aliphatic carbocycles. The number of nitrogens with one attached hydrogen (secondary N) is 2. The smallest absolute Gasteiger partial charge is 0.318 e. The SMILES string of the molecule is O=C(NCCc1cncn1Cc1ccc(Cl)c(Cl)c1)C1CN(CCC2CCCCC2)CCN1C(=O)NC1CCCCC1. The largest absolute Gasteiger partial charge is 0.354 e. The third-order valence-electron chi connectivity index (χ3n) is 9.35. The van der Waals surface area contributed by atoms with E-state index in [-0.39, 0.29) is 18.0 Å². The summed E-state index contributed by atoms with van der Waals surface area (Å²) >= 11 is 12.3. The van der Waals surface area contributed by atoms with Gasteiger partial charge >= 0.3 is 6.03 Å². The monoisotopic (exact) mass is 616 g/mol.